The number of aliphatic hydroxyl groups excluding tert-OH is 1. The summed E-state index contributed by atoms with van der Waals surface area (Å²) in [5.74, 6) is -0.440. The molecule has 0 bridgehead atoms. The third kappa shape index (κ3) is 1.99. The van der Waals surface area contributed by atoms with E-state index < -0.39 is 5.82 Å². The molecule has 0 aliphatic heterocycles. The number of rotatable bonds is 2. The Kier molecular flexibility index (Phi) is 2.73. The number of thiocarbonyl (C=S) groups is 1. The molecular weight excluding hydrogens is 177 g/mol. The van der Waals surface area contributed by atoms with Gasteiger partial charge in [0.1, 0.15) is 10.8 Å². The highest BCUT2D eigenvalue weighted by atomic mass is 32.1. The van der Waals surface area contributed by atoms with Crippen LogP contribution in [0.1, 0.15) is 11.1 Å². The third-order valence-corrected chi connectivity index (χ3v) is 1.66. The summed E-state index contributed by atoms with van der Waals surface area (Å²) in [5.41, 5.74) is 6.20. The van der Waals surface area contributed by atoms with E-state index >= 15 is 0 Å². The molecule has 0 saturated carbocycles. The molecule has 1 aromatic carbocycles. The van der Waals surface area contributed by atoms with Gasteiger partial charge in [-0.2, -0.15) is 0 Å². The maximum absolute atomic E-state index is 12.7. The highest BCUT2D eigenvalue weighted by molar-refractivity contribution is 7.80. The fraction of sp³-hybridized carbons (Fsp3) is 0.125. The van der Waals surface area contributed by atoms with Gasteiger partial charge in [0.25, 0.3) is 0 Å². The predicted octanol–water partition coefficient (Wildman–Crippen LogP) is 0.952. The van der Waals surface area contributed by atoms with Gasteiger partial charge < -0.3 is 10.8 Å². The first kappa shape index (κ1) is 9.09. The van der Waals surface area contributed by atoms with E-state index in [9.17, 15) is 4.39 Å². The Bertz CT molecular complexity index is 314. The number of nitrogens with two attached hydrogens (primary N) is 1. The van der Waals surface area contributed by atoms with Crippen molar-refractivity contribution in [3.05, 3.63) is 35.1 Å². The van der Waals surface area contributed by atoms with Gasteiger partial charge in [-0.1, -0.05) is 12.2 Å². The molecule has 1 rings (SSSR count). The topological polar surface area (TPSA) is 46.2 Å². The van der Waals surface area contributed by atoms with Crippen LogP contribution in [0.3, 0.4) is 0 Å². The highest BCUT2D eigenvalue weighted by Gasteiger charge is 2.01. The van der Waals surface area contributed by atoms with Crippen LogP contribution in [-0.2, 0) is 6.61 Å². The Morgan fingerprint density at radius 3 is 2.67 bits per heavy atom. The van der Waals surface area contributed by atoms with Crippen LogP contribution in [0.25, 0.3) is 0 Å². The Labute approximate surface area is 74.8 Å². The van der Waals surface area contributed by atoms with Gasteiger partial charge in [0.15, 0.2) is 0 Å². The minimum atomic E-state index is -0.440. The number of hydrogen-bond acceptors (Lipinski definition) is 2. The molecule has 0 aliphatic carbocycles. The Morgan fingerprint density at radius 2 is 2.17 bits per heavy atom. The summed E-state index contributed by atoms with van der Waals surface area (Å²) in [5, 5.41) is 8.72. The molecule has 0 amide bonds. The van der Waals surface area contributed by atoms with Gasteiger partial charge in [0, 0.05) is 5.56 Å². The fourth-order valence-electron chi connectivity index (χ4n) is 0.884. The van der Waals surface area contributed by atoms with Crippen LogP contribution < -0.4 is 5.73 Å². The molecule has 0 heterocycles. The van der Waals surface area contributed by atoms with E-state index in [1.54, 1.807) is 6.07 Å². The zero-order valence-corrected chi connectivity index (χ0v) is 7.07. The van der Waals surface area contributed by atoms with Crippen molar-refractivity contribution in [2.24, 2.45) is 5.73 Å². The smallest absolute Gasteiger partial charge is 0.124 e. The molecule has 2 nitrogen and oxygen atoms in total. The number of aliphatic hydroxyl groups is 1. The molecule has 12 heavy (non-hydrogen) atoms. The van der Waals surface area contributed by atoms with Gasteiger partial charge >= 0.3 is 0 Å². The summed E-state index contributed by atoms with van der Waals surface area (Å²) >= 11 is 4.66. The SMILES string of the molecule is NC(=S)c1cc(F)cc(CO)c1. The van der Waals surface area contributed by atoms with Gasteiger partial charge in [-0.15, -0.1) is 0 Å². The van der Waals surface area contributed by atoms with Gasteiger partial charge in [-0.05, 0) is 23.8 Å². The third-order valence-electron chi connectivity index (χ3n) is 1.42. The van der Waals surface area contributed by atoms with E-state index in [4.69, 9.17) is 10.8 Å². The highest BCUT2D eigenvalue weighted by Crippen LogP contribution is 2.08. The lowest BCUT2D eigenvalue weighted by Crippen LogP contribution is -2.10. The van der Waals surface area contributed by atoms with E-state index in [-0.39, 0.29) is 11.6 Å². The summed E-state index contributed by atoms with van der Waals surface area (Å²) in [6, 6.07) is 4.04. The van der Waals surface area contributed by atoms with Crippen LogP contribution in [-0.4, -0.2) is 10.1 Å². The largest absolute Gasteiger partial charge is 0.392 e. The molecule has 3 N–H and O–H groups in total. The first-order valence-corrected chi connectivity index (χ1v) is 3.74. The molecule has 64 valence electrons. The second-order valence-electron chi connectivity index (χ2n) is 2.37. The van der Waals surface area contributed by atoms with Gasteiger partial charge in [0.2, 0.25) is 0 Å². The van der Waals surface area contributed by atoms with E-state index in [0.29, 0.717) is 11.1 Å². The number of halogens is 1. The first-order valence-electron chi connectivity index (χ1n) is 3.33. The van der Waals surface area contributed by atoms with Gasteiger partial charge in [0.05, 0.1) is 6.61 Å². The fourth-order valence-corrected chi connectivity index (χ4v) is 1.00. The van der Waals surface area contributed by atoms with E-state index in [1.165, 1.54) is 12.1 Å². The van der Waals surface area contributed by atoms with E-state index in [2.05, 4.69) is 12.2 Å². The van der Waals surface area contributed by atoms with Crippen molar-refractivity contribution in [2.45, 2.75) is 6.61 Å². The van der Waals surface area contributed by atoms with Crippen LogP contribution in [0, 0.1) is 5.82 Å². The Balaban J connectivity index is 3.15. The van der Waals surface area contributed by atoms with E-state index in [0.717, 1.165) is 0 Å². The Morgan fingerprint density at radius 1 is 1.50 bits per heavy atom. The molecule has 0 aromatic heterocycles. The minimum Gasteiger partial charge on any atom is -0.392 e. The molecule has 1 aromatic rings. The van der Waals surface area contributed by atoms with Crippen molar-refractivity contribution in [3.8, 4) is 0 Å². The van der Waals surface area contributed by atoms with Crippen LogP contribution >= 0.6 is 12.2 Å². The number of benzene rings is 1. The quantitative estimate of drug-likeness (QED) is 0.674. The summed E-state index contributed by atoms with van der Waals surface area (Å²) in [6.07, 6.45) is 0. The van der Waals surface area contributed by atoms with Crippen molar-refractivity contribution in [1.29, 1.82) is 0 Å². The van der Waals surface area contributed by atoms with Crippen molar-refractivity contribution in [1.82, 2.24) is 0 Å². The zero-order chi connectivity index (χ0) is 9.14. The lowest BCUT2D eigenvalue weighted by molar-refractivity contribution is 0.281. The lowest BCUT2D eigenvalue weighted by atomic mass is 10.1. The summed E-state index contributed by atoms with van der Waals surface area (Å²) in [6.45, 7) is -0.215. The van der Waals surface area contributed by atoms with Gasteiger partial charge in [-0.25, -0.2) is 4.39 Å². The van der Waals surface area contributed by atoms with Gasteiger partial charge in [-0.3, -0.25) is 0 Å². The lowest BCUT2D eigenvalue weighted by Gasteiger charge is -2.01. The average molecular weight is 185 g/mol. The molecule has 0 spiro atoms. The molecule has 0 aliphatic rings. The molecule has 0 fully saturated rings. The molecular formula is C8H8FNOS. The van der Waals surface area contributed by atoms with Crippen molar-refractivity contribution in [3.63, 3.8) is 0 Å². The van der Waals surface area contributed by atoms with Crippen LogP contribution in [0.2, 0.25) is 0 Å². The van der Waals surface area contributed by atoms with Crippen molar-refractivity contribution in [2.75, 3.05) is 0 Å². The van der Waals surface area contributed by atoms with Crippen LogP contribution in [0.15, 0.2) is 18.2 Å². The van der Waals surface area contributed by atoms with Crippen molar-refractivity contribution >= 4 is 17.2 Å². The number of hydrogen-bond donors (Lipinski definition) is 2. The molecule has 0 saturated heterocycles. The first-order chi connectivity index (χ1) is 5.63. The summed E-state index contributed by atoms with van der Waals surface area (Å²) in [7, 11) is 0. The second-order valence-corrected chi connectivity index (χ2v) is 2.81. The molecule has 4 heteroatoms. The molecule has 0 atom stereocenters. The van der Waals surface area contributed by atoms with Crippen LogP contribution in [0.5, 0.6) is 0 Å². The predicted molar refractivity (Wildman–Crippen MR) is 48.2 cm³/mol. The maximum atomic E-state index is 12.7. The standard InChI is InChI=1S/C8H8FNOS/c9-7-2-5(4-11)1-6(3-7)8(10)12/h1-3,11H,4H2,(H2,10,12). The van der Waals surface area contributed by atoms with Crippen LogP contribution in [0.4, 0.5) is 4.39 Å². The average Bonchev–Trinajstić information content (AvgIpc) is 2.03. The zero-order valence-electron chi connectivity index (χ0n) is 6.25. The molecule has 0 unspecified atom stereocenters. The minimum absolute atomic E-state index is 0.129. The van der Waals surface area contributed by atoms with Crippen molar-refractivity contribution < 1.29 is 9.50 Å². The maximum Gasteiger partial charge on any atom is 0.124 e. The summed E-state index contributed by atoms with van der Waals surface area (Å²) in [4.78, 5) is 0.129. The Hall–Kier alpha value is -1.00. The van der Waals surface area contributed by atoms with E-state index in [1.807, 2.05) is 0 Å². The second kappa shape index (κ2) is 3.60. The molecule has 0 radical (unpaired) electrons. The summed E-state index contributed by atoms with van der Waals surface area (Å²) < 4.78 is 12.7. The monoisotopic (exact) mass is 185 g/mol. The normalized spacial score (nSPS) is 9.83.